The molecule has 0 aromatic carbocycles. The molecule has 0 saturated heterocycles. The summed E-state index contributed by atoms with van der Waals surface area (Å²) in [5, 5.41) is 8.18. The number of aromatic nitrogens is 6. The molecule has 0 bridgehead atoms. The number of nitrogens with zero attached hydrogens (tertiary/aromatic N) is 7. The molecule has 0 radical (unpaired) electrons. The van der Waals surface area contributed by atoms with E-state index in [1.165, 1.54) is 12.8 Å². The van der Waals surface area contributed by atoms with Gasteiger partial charge in [0.05, 0.1) is 11.7 Å². The largest absolute Gasteiger partial charge is 0.350 e. The summed E-state index contributed by atoms with van der Waals surface area (Å²) in [7, 11) is 4.33. The summed E-state index contributed by atoms with van der Waals surface area (Å²) in [5.74, 6) is 0.676. The molecule has 1 aliphatic rings. The van der Waals surface area contributed by atoms with Gasteiger partial charge in [0, 0.05) is 48.0 Å². The van der Waals surface area contributed by atoms with E-state index >= 15 is 0 Å². The van der Waals surface area contributed by atoms with Crippen LogP contribution in [-0.4, -0.2) is 60.6 Å². The molecule has 4 aromatic heterocycles. The van der Waals surface area contributed by atoms with Crippen molar-refractivity contribution in [3.8, 4) is 11.1 Å². The fourth-order valence-corrected chi connectivity index (χ4v) is 4.13. The highest BCUT2D eigenvalue weighted by molar-refractivity contribution is 5.84. The van der Waals surface area contributed by atoms with Crippen LogP contribution in [0.3, 0.4) is 0 Å². The van der Waals surface area contributed by atoms with Crippen molar-refractivity contribution in [1.29, 1.82) is 0 Å². The Morgan fingerprint density at radius 2 is 1.83 bits per heavy atom. The van der Waals surface area contributed by atoms with Crippen molar-refractivity contribution >= 4 is 22.6 Å². The van der Waals surface area contributed by atoms with Crippen molar-refractivity contribution in [3.05, 3.63) is 43.1 Å². The smallest absolute Gasteiger partial charge is 0.241 e. The lowest BCUT2D eigenvalue weighted by Crippen LogP contribution is -2.36. The SMILES string of the molecule is CN(C)[C@H]1CC[C@@H](Nc2ncc3c(-c4cnc5nccnc5c4)ccn3n2)CC1. The van der Waals surface area contributed by atoms with Gasteiger partial charge >= 0.3 is 0 Å². The van der Waals surface area contributed by atoms with Gasteiger partial charge in [0.2, 0.25) is 5.95 Å². The average Bonchev–Trinajstić information content (AvgIpc) is 3.17. The molecular weight excluding hydrogens is 364 g/mol. The van der Waals surface area contributed by atoms with Gasteiger partial charge in [-0.05, 0) is 51.9 Å². The van der Waals surface area contributed by atoms with Gasteiger partial charge < -0.3 is 10.2 Å². The van der Waals surface area contributed by atoms with E-state index in [4.69, 9.17) is 0 Å². The van der Waals surface area contributed by atoms with Gasteiger partial charge in [-0.25, -0.2) is 19.5 Å². The molecule has 5 rings (SSSR count). The molecule has 1 saturated carbocycles. The topological polar surface area (TPSA) is 84.1 Å². The Balaban J connectivity index is 1.37. The van der Waals surface area contributed by atoms with Crippen molar-refractivity contribution in [2.45, 2.75) is 37.8 Å². The molecule has 8 nitrogen and oxygen atoms in total. The number of hydrogen-bond donors (Lipinski definition) is 1. The molecule has 1 aliphatic carbocycles. The summed E-state index contributed by atoms with van der Waals surface area (Å²) in [4.78, 5) is 19.9. The second-order valence-corrected chi connectivity index (χ2v) is 7.88. The standard InChI is InChI=1S/C21H24N8/c1-28(2)16-5-3-15(4-6-16)26-21-25-13-19-17(7-10-29(19)27-21)14-11-18-20(24-12-14)23-9-8-22-18/h7-13,15-16H,3-6H2,1-2H3,(H,26,27)/t15-,16+. The zero-order valence-electron chi connectivity index (χ0n) is 16.7. The van der Waals surface area contributed by atoms with E-state index < -0.39 is 0 Å². The minimum absolute atomic E-state index is 0.432. The van der Waals surface area contributed by atoms with Gasteiger partial charge in [-0.1, -0.05) is 0 Å². The highest BCUT2D eigenvalue weighted by Crippen LogP contribution is 2.27. The molecule has 4 heterocycles. The molecule has 1 N–H and O–H groups in total. The van der Waals surface area contributed by atoms with Crippen LogP contribution >= 0.6 is 0 Å². The minimum atomic E-state index is 0.432. The highest BCUT2D eigenvalue weighted by atomic mass is 15.3. The lowest BCUT2D eigenvalue weighted by molar-refractivity contribution is 0.221. The first-order valence-corrected chi connectivity index (χ1v) is 10.0. The number of fused-ring (bicyclic) bond motifs is 2. The number of hydrogen-bond acceptors (Lipinski definition) is 7. The quantitative estimate of drug-likeness (QED) is 0.575. The summed E-state index contributed by atoms with van der Waals surface area (Å²) in [6.45, 7) is 0. The van der Waals surface area contributed by atoms with E-state index in [0.29, 0.717) is 23.7 Å². The average molecular weight is 388 g/mol. The first-order chi connectivity index (χ1) is 14.2. The molecule has 8 heteroatoms. The van der Waals surface area contributed by atoms with E-state index in [2.05, 4.69) is 49.3 Å². The van der Waals surface area contributed by atoms with Gasteiger partial charge in [0.1, 0.15) is 5.52 Å². The second-order valence-electron chi connectivity index (χ2n) is 7.88. The first-order valence-electron chi connectivity index (χ1n) is 10.0. The van der Waals surface area contributed by atoms with Crippen LogP contribution in [0.5, 0.6) is 0 Å². The van der Waals surface area contributed by atoms with Crippen LogP contribution in [-0.2, 0) is 0 Å². The fraction of sp³-hybridized carbons (Fsp3) is 0.381. The van der Waals surface area contributed by atoms with Gasteiger partial charge in [-0.3, -0.25) is 4.98 Å². The highest BCUT2D eigenvalue weighted by Gasteiger charge is 2.23. The van der Waals surface area contributed by atoms with Crippen LogP contribution in [0.25, 0.3) is 27.8 Å². The number of anilines is 1. The number of rotatable bonds is 4. The van der Waals surface area contributed by atoms with Crippen molar-refractivity contribution < 1.29 is 0 Å². The predicted octanol–water partition coefficient (Wildman–Crippen LogP) is 3.02. The molecule has 1 fully saturated rings. The van der Waals surface area contributed by atoms with E-state index in [1.807, 2.05) is 35.2 Å². The Bertz CT molecular complexity index is 1140. The Morgan fingerprint density at radius 1 is 1.00 bits per heavy atom. The summed E-state index contributed by atoms with van der Waals surface area (Å²) >= 11 is 0. The molecule has 29 heavy (non-hydrogen) atoms. The van der Waals surface area contributed by atoms with E-state index in [1.54, 1.807) is 12.4 Å². The molecule has 0 amide bonds. The van der Waals surface area contributed by atoms with Crippen molar-refractivity contribution in [2.24, 2.45) is 0 Å². The summed E-state index contributed by atoms with van der Waals surface area (Å²) in [6.07, 6.45) is 13.7. The van der Waals surface area contributed by atoms with Gasteiger partial charge in [0.15, 0.2) is 5.65 Å². The molecule has 4 aromatic rings. The fourth-order valence-electron chi connectivity index (χ4n) is 4.13. The molecule has 0 unspecified atom stereocenters. The van der Waals surface area contributed by atoms with Crippen LogP contribution in [0, 0.1) is 0 Å². The summed E-state index contributed by atoms with van der Waals surface area (Å²) in [5.41, 5.74) is 4.37. The van der Waals surface area contributed by atoms with Gasteiger partial charge in [-0.2, -0.15) is 0 Å². The third kappa shape index (κ3) is 3.51. The van der Waals surface area contributed by atoms with Gasteiger partial charge in [0.25, 0.3) is 0 Å². The van der Waals surface area contributed by atoms with E-state index in [9.17, 15) is 0 Å². The lowest BCUT2D eigenvalue weighted by Gasteiger charge is -2.32. The monoisotopic (exact) mass is 388 g/mol. The predicted molar refractivity (Wildman–Crippen MR) is 113 cm³/mol. The van der Waals surface area contributed by atoms with Crippen molar-refractivity contribution in [1.82, 2.24) is 34.4 Å². The molecule has 0 spiro atoms. The lowest BCUT2D eigenvalue weighted by atomic mass is 9.91. The van der Waals surface area contributed by atoms with Crippen LogP contribution in [0.15, 0.2) is 43.1 Å². The zero-order chi connectivity index (χ0) is 19.8. The van der Waals surface area contributed by atoms with Crippen LogP contribution in [0.1, 0.15) is 25.7 Å². The maximum absolute atomic E-state index is 4.67. The first kappa shape index (κ1) is 17.9. The normalized spacial score (nSPS) is 19.8. The van der Waals surface area contributed by atoms with Gasteiger partial charge in [-0.15, -0.1) is 5.10 Å². The Labute approximate surface area is 169 Å². The van der Waals surface area contributed by atoms with Crippen molar-refractivity contribution in [3.63, 3.8) is 0 Å². The Kier molecular flexibility index (Phi) is 4.55. The number of pyridine rings is 1. The third-order valence-electron chi connectivity index (χ3n) is 5.81. The third-order valence-corrected chi connectivity index (χ3v) is 5.81. The molecule has 0 atom stereocenters. The maximum Gasteiger partial charge on any atom is 0.241 e. The Morgan fingerprint density at radius 3 is 2.66 bits per heavy atom. The molecular formula is C21H24N8. The van der Waals surface area contributed by atoms with E-state index in [-0.39, 0.29) is 0 Å². The summed E-state index contributed by atoms with van der Waals surface area (Å²) < 4.78 is 1.87. The number of nitrogens with one attached hydrogen (secondary N) is 1. The minimum Gasteiger partial charge on any atom is -0.350 e. The molecule has 0 aliphatic heterocycles. The summed E-state index contributed by atoms with van der Waals surface area (Å²) in [6, 6.07) is 5.15. The van der Waals surface area contributed by atoms with Crippen LogP contribution in [0.2, 0.25) is 0 Å². The Hall–Kier alpha value is -3.13. The van der Waals surface area contributed by atoms with Crippen LogP contribution in [0.4, 0.5) is 5.95 Å². The van der Waals surface area contributed by atoms with E-state index in [0.717, 1.165) is 35.0 Å². The van der Waals surface area contributed by atoms with Crippen molar-refractivity contribution in [2.75, 3.05) is 19.4 Å². The maximum atomic E-state index is 4.67. The second kappa shape index (κ2) is 7.36. The zero-order valence-corrected chi connectivity index (χ0v) is 16.7. The molecule has 148 valence electrons. The van der Waals surface area contributed by atoms with Crippen LogP contribution < -0.4 is 5.32 Å².